The highest BCUT2D eigenvalue weighted by Gasteiger charge is 2.29. The average Bonchev–Trinajstić information content (AvgIpc) is 2.28. The summed E-state index contributed by atoms with van der Waals surface area (Å²) in [5, 5.41) is 2.90. The van der Waals surface area contributed by atoms with Crippen LogP contribution in [-0.2, 0) is 9.53 Å². The maximum absolute atomic E-state index is 11.8. The summed E-state index contributed by atoms with van der Waals surface area (Å²) in [5.74, 6) is 0.794. The van der Waals surface area contributed by atoms with Crippen molar-refractivity contribution in [2.24, 2.45) is 17.6 Å². The second kappa shape index (κ2) is 6.86. The zero-order valence-corrected chi connectivity index (χ0v) is 10.4. The van der Waals surface area contributed by atoms with Crippen molar-refractivity contribution in [3.8, 4) is 0 Å². The predicted octanol–water partition coefficient (Wildman–Crippen LogP) is 0.903. The number of hydrogen-bond donors (Lipinski definition) is 2. The standard InChI is InChI=1S/C12H24N2O2/c1-3-16-7-6-14-12(15)10-5-4-9(2)11(13)8-10/h9-11H,3-8,13H2,1-2H3,(H,14,15). The molecule has 1 amide bonds. The lowest BCUT2D eigenvalue weighted by Gasteiger charge is -2.30. The monoisotopic (exact) mass is 228 g/mol. The van der Waals surface area contributed by atoms with Crippen LogP contribution in [-0.4, -0.2) is 31.7 Å². The number of nitrogens with one attached hydrogen (secondary N) is 1. The number of carbonyl (C=O) groups is 1. The van der Waals surface area contributed by atoms with Gasteiger partial charge in [0, 0.05) is 25.1 Å². The van der Waals surface area contributed by atoms with Crippen LogP contribution in [0.25, 0.3) is 0 Å². The topological polar surface area (TPSA) is 64.3 Å². The minimum absolute atomic E-state index is 0.104. The summed E-state index contributed by atoms with van der Waals surface area (Å²) in [5.41, 5.74) is 5.98. The van der Waals surface area contributed by atoms with E-state index >= 15 is 0 Å². The molecule has 3 N–H and O–H groups in total. The van der Waals surface area contributed by atoms with Crippen molar-refractivity contribution in [2.45, 2.75) is 39.2 Å². The Labute approximate surface area is 97.9 Å². The number of carbonyl (C=O) groups excluding carboxylic acids is 1. The summed E-state index contributed by atoms with van der Waals surface area (Å²) in [4.78, 5) is 11.8. The van der Waals surface area contributed by atoms with Gasteiger partial charge in [-0.2, -0.15) is 0 Å². The van der Waals surface area contributed by atoms with E-state index in [2.05, 4.69) is 12.2 Å². The van der Waals surface area contributed by atoms with Crippen LogP contribution in [0.4, 0.5) is 0 Å². The minimum atomic E-state index is 0.104. The molecule has 1 aliphatic rings. The van der Waals surface area contributed by atoms with Gasteiger partial charge in [0.2, 0.25) is 5.91 Å². The predicted molar refractivity (Wildman–Crippen MR) is 64.0 cm³/mol. The normalized spacial score (nSPS) is 30.1. The van der Waals surface area contributed by atoms with Gasteiger partial charge < -0.3 is 15.8 Å². The van der Waals surface area contributed by atoms with Gasteiger partial charge in [-0.15, -0.1) is 0 Å². The maximum atomic E-state index is 11.8. The SMILES string of the molecule is CCOCCNC(=O)C1CCC(C)C(N)C1. The van der Waals surface area contributed by atoms with Gasteiger partial charge in [0.05, 0.1) is 6.61 Å². The molecule has 4 heteroatoms. The van der Waals surface area contributed by atoms with E-state index in [9.17, 15) is 4.79 Å². The molecular weight excluding hydrogens is 204 g/mol. The summed E-state index contributed by atoms with van der Waals surface area (Å²) < 4.78 is 5.17. The molecule has 0 radical (unpaired) electrons. The van der Waals surface area contributed by atoms with Gasteiger partial charge in [-0.1, -0.05) is 6.92 Å². The van der Waals surface area contributed by atoms with Crippen LogP contribution in [0.5, 0.6) is 0 Å². The molecule has 1 saturated carbocycles. The molecule has 94 valence electrons. The van der Waals surface area contributed by atoms with Gasteiger partial charge in [0.25, 0.3) is 0 Å². The van der Waals surface area contributed by atoms with Crippen LogP contribution < -0.4 is 11.1 Å². The van der Waals surface area contributed by atoms with Crippen LogP contribution in [0.2, 0.25) is 0 Å². The third-order valence-electron chi connectivity index (χ3n) is 3.38. The van der Waals surface area contributed by atoms with E-state index in [0.29, 0.717) is 25.7 Å². The first-order valence-electron chi connectivity index (χ1n) is 6.26. The first kappa shape index (κ1) is 13.5. The Kier molecular flexibility index (Phi) is 5.77. The highest BCUT2D eigenvalue weighted by Crippen LogP contribution is 2.27. The number of hydrogen-bond acceptors (Lipinski definition) is 3. The fraction of sp³-hybridized carbons (Fsp3) is 0.917. The van der Waals surface area contributed by atoms with Gasteiger partial charge in [-0.3, -0.25) is 4.79 Å². The summed E-state index contributed by atoms with van der Waals surface area (Å²) in [6, 6.07) is 0.177. The second-order valence-corrected chi connectivity index (χ2v) is 4.64. The first-order chi connectivity index (χ1) is 7.65. The van der Waals surface area contributed by atoms with Crippen LogP contribution in [0.15, 0.2) is 0 Å². The van der Waals surface area contributed by atoms with Crippen LogP contribution in [0.3, 0.4) is 0 Å². The largest absolute Gasteiger partial charge is 0.380 e. The number of amides is 1. The molecule has 0 aromatic carbocycles. The summed E-state index contributed by atoms with van der Waals surface area (Å²) in [6.45, 7) is 6.00. The Morgan fingerprint density at radius 2 is 2.25 bits per heavy atom. The van der Waals surface area contributed by atoms with Crippen molar-refractivity contribution in [3.63, 3.8) is 0 Å². The molecule has 3 unspecified atom stereocenters. The second-order valence-electron chi connectivity index (χ2n) is 4.64. The van der Waals surface area contributed by atoms with Crippen molar-refractivity contribution < 1.29 is 9.53 Å². The van der Waals surface area contributed by atoms with Gasteiger partial charge >= 0.3 is 0 Å². The van der Waals surface area contributed by atoms with Crippen molar-refractivity contribution in [1.82, 2.24) is 5.32 Å². The lowest BCUT2D eigenvalue weighted by Crippen LogP contribution is -2.42. The number of nitrogens with two attached hydrogens (primary N) is 1. The molecule has 0 aromatic rings. The van der Waals surface area contributed by atoms with Crippen molar-refractivity contribution >= 4 is 5.91 Å². The molecule has 0 heterocycles. The molecule has 0 aliphatic heterocycles. The molecule has 1 rings (SSSR count). The highest BCUT2D eigenvalue weighted by molar-refractivity contribution is 5.78. The molecule has 0 saturated heterocycles. The Morgan fingerprint density at radius 1 is 1.50 bits per heavy atom. The fourth-order valence-corrected chi connectivity index (χ4v) is 2.13. The molecule has 0 bridgehead atoms. The van der Waals surface area contributed by atoms with Crippen molar-refractivity contribution in [2.75, 3.05) is 19.8 Å². The van der Waals surface area contributed by atoms with Gasteiger partial charge in [-0.05, 0) is 32.1 Å². The maximum Gasteiger partial charge on any atom is 0.223 e. The Balaban J connectivity index is 2.21. The summed E-state index contributed by atoms with van der Waals surface area (Å²) >= 11 is 0. The molecule has 0 spiro atoms. The van der Waals surface area contributed by atoms with E-state index in [4.69, 9.17) is 10.5 Å². The molecule has 1 fully saturated rings. The zero-order chi connectivity index (χ0) is 12.0. The van der Waals surface area contributed by atoms with E-state index in [-0.39, 0.29) is 17.9 Å². The third-order valence-corrected chi connectivity index (χ3v) is 3.38. The summed E-state index contributed by atoms with van der Waals surface area (Å²) in [7, 11) is 0. The first-order valence-corrected chi connectivity index (χ1v) is 6.26. The Morgan fingerprint density at radius 3 is 2.88 bits per heavy atom. The van der Waals surface area contributed by atoms with Crippen molar-refractivity contribution in [3.05, 3.63) is 0 Å². The molecule has 16 heavy (non-hydrogen) atoms. The highest BCUT2D eigenvalue weighted by atomic mass is 16.5. The lowest BCUT2D eigenvalue weighted by molar-refractivity contribution is -0.126. The van der Waals surface area contributed by atoms with Gasteiger partial charge in [0.1, 0.15) is 0 Å². The average molecular weight is 228 g/mol. The van der Waals surface area contributed by atoms with Crippen LogP contribution in [0.1, 0.15) is 33.1 Å². The summed E-state index contributed by atoms with van der Waals surface area (Å²) in [6.07, 6.45) is 2.85. The lowest BCUT2D eigenvalue weighted by atomic mass is 9.79. The molecule has 1 aliphatic carbocycles. The van der Waals surface area contributed by atoms with E-state index in [1.54, 1.807) is 0 Å². The van der Waals surface area contributed by atoms with E-state index in [1.807, 2.05) is 6.92 Å². The minimum Gasteiger partial charge on any atom is -0.380 e. The number of ether oxygens (including phenoxy) is 1. The number of rotatable bonds is 5. The van der Waals surface area contributed by atoms with Gasteiger partial charge in [-0.25, -0.2) is 0 Å². The van der Waals surface area contributed by atoms with Gasteiger partial charge in [0.15, 0.2) is 0 Å². The van der Waals surface area contributed by atoms with E-state index in [1.165, 1.54) is 0 Å². The zero-order valence-electron chi connectivity index (χ0n) is 10.4. The fourth-order valence-electron chi connectivity index (χ4n) is 2.13. The van der Waals surface area contributed by atoms with Crippen LogP contribution in [0, 0.1) is 11.8 Å². The molecular formula is C12H24N2O2. The Hall–Kier alpha value is -0.610. The molecule has 0 aromatic heterocycles. The van der Waals surface area contributed by atoms with Crippen LogP contribution >= 0.6 is 0 Å². The quantitative estimate of drug-likeness (QED) is 0.687. The van der Waals surface area contributed by atoms with E-state index in [0.717, 1.165) is 19.3 Å². The van der Waals surface area contributed by atoms with Crippen molar-refractivity contribution in [1.29, 1.82) is 0 Å². The smallest absolute Gasteiger partial charge is 0.223 e. The molecule has 4 nitrogen and oxygen atoms in total. The molecule has 3 atom stereocenters. The van der Waals surface area contributed by atoms with E-state index < -0.39 is 0 Å². The third kappa shape index (κ3) is 4.10. The Bertz CT molecular complexity index is 221.